The number of hydrogen-bond donors (Lipinski definition) is 1. The molecule has 0 saturated carbocycles. The lowest BCUT2D eigenvalue weighted by Gasteiger charge is -1.84. The molecular weight excluding hydrogens is 154 g/mol. The van der Waals surface area contributed by atoms with E-state index in [9.17, 15) is 0 Å². The second-order valence-corrected chi connectivity index (χ2v) is 2.81. The van der Waals surface area contributed by atoms with E-state index < -0.39 is 0 Å². The van der Waals surface area contributed by atoms with E-state index in [-0.39, 0.29) is 0 Å². The molecule has 0 aliphatic heterocycles. The average molecular weight is 162 g/mol. The Morgan fingerprint density at radius 2 is 2.09 bits per heavy atom. The number of aromatic nitrogens is 1. The van der Waals surface area contributed by atoms with Crippen LogP contribution in [0.25, 0.3) is 10.9 Å². The lowest BCUT2D eigenvalue weighted by Crippen LogP contribution is -1.72. The summed E-state index contributed by atoms with van der Waals surface area (Å²) in [5.74, 6) is 0.661. The summed E-state index contributed by atoms with van der Waals surface area (Å²) in [5.41, 5.74) is 2.30. The SMILES string of the molecule is [S]Cc1cc2ccccc2[nH]1. The first kappa shape index (κ1) is 6.80. The van der Waals surface area contributed by atoms with Gasteiger partial charge in [-0.25, -0.2) is 0 Å². The molecule has 0 atom stereocenters. The molecule has 1 aromatic carbocycles. The highest BCUT2D eigenvalue weighted by Gasteiger charge is 1.96. The van der Waals surface area contributed by atoms with Crippen LogP contribution in [-0.4, -0.2) is 4.98 Å². The van der Waals surface area contributed by atoms with Crippen LogP contribution in [0, 0.1) is 0 Å². The van der Waals surface area contributed by atoms with E-state index in [4.69, 9.17) is 12.6 Å². The van der Waals surface area contributed by atoms with Crippen LogP contribution in [-0.2, 0) is 5.75 Å². The summed E-state index contributed by atoms with van der Waals surface area (Å²) in [6, 6.07) is 10.3. The number of fused-ring (bicyclic) bond motifs is 1. The molecule has 0 aliphatic rings. The van der Waals surface area contributed by atoms with Crippen molar-refractivity contribution in [2.45, 2.75) is 5.75 Å². The van der Waals surface area contributed by atoms with Gasteiger partial charge in [-0.05, 0) is 17.5 Å². The van der Waals surface area contributed by atoms with Crippen LogP contribution in [0.3, 0.4) is 0 Å². The molecule has 2 heteroatoms. The van der Waals surface area contributed by atoms with Crippen LogP contribution in [0.15, 0.2) is 30.3 Å². The first-order chi connectivity index (χ1) is 5.40. The minimum absolute atomic E-state index is 0.661. The Labute approximate surface area is 70.8 Å². The Kier molecular flexibility index (Phi) is 1.62. The molecule has 0 spiro atoms. The summed E-state index contributed by atoms with van der Waals surface area (Å²) < 4.78 is 0. The van der Waals surface area contributed by atoms with Crippen LogP contribution in [0.5, 0.6) is 0 Å². The zero-order chi connectivity index (χ0) is 7.68. The van der Waals surface area contributed by atoms with Gasteiger partial charge in [-0.15, -0.1) is 0 Å². The molecule has 1 aromatic heterocycles. The standard InChI is InChI=1S/C9H8NS/c11-6-8-5-7-3-1-2-4-9(7)10-8/h1-5,10H,6H2. The van der Waals surface area contributed by atoms with Gasteiger partial charge in [0.1, 0.15) is 0 Å². The summed E-state index contributed by atoms with van der Waals surface area (Å²) in [6.45, 7) is 0. The molecule has 2 rings (SSSR count). The van der Waals surface area contributed by atoms with Gasteiger partial charge in [0.15, 0.2) is 0 Å². The average Bonchev–Trinajstić information content (AvgIpc) is 2.46. The van der Waals surface area contributed by atoms with Gasteiger partial charge < -0.3 is 4.98 Å². The summed E-state index contributed by atoms with van der Waals surface area (Å²) in [4.78, 5) is 3.24. The minimum Gasteiger partial charge on any atom is -0.358 e. The fourth-order valence-corrected chi connectivity index (χ4v) is 1.37. The predicted molar refractivity (Wildman–Crippen MR) is 49.6 cm³/mol. The first-order valence-corrected chi connectivity index (χ1v) is 4.12. The Morgan fingerprint density at radius 3 is 2.82 bits per heavy atom. The molecule has 1 radical (unpaired) electrons. The van der Waals surface area contributed by atoms with Crippen molar-refractivity contribution in [2.24, 2.45) is 0 Å². The van der Waals surface area contributed by atoms with Crippen LogP contribution in [0.4, 0.5) is 0 Å². The van der Waals surface area contributed by atoms with Crippen molar-refractivity contribution in [2.75, 3.05) is 0 Å². The molecule has 55 valence electrons. The molecule has 0 fully saturated rings. The largest absolute Gasteiger partial charge is 0.358 e. The third-order valence-corrected chi connectivity index (χ3v) is 2.05. The second-order valence-electron chi connectivity index (χ2n) is 2.53. The maximum absolute atomic E-state index is 4.93. The van der Waals surface area contributed by atoms with Gasteiger partial charge in [-0.1, -0.05) is 30.8 Å². The van der Waals surface area contributed by atoms with Crippen molar-refractivity contribution in [1.82, 2.24) is 4.98 Å². The van der Waals surface area contributed by atoms with Gasteiger partial charge in [-0.2, -0.15) is 0 Å². The molecule has 0 aliphatic carbocycles. The Balaban J connectivity index is 2.69. The molecule has 0 amide bonds. The summed E-state index contributed by atoms with van der Waals surface area (Å²) in [6.07, 6.45) is 0. The molecule has 1 nitrogen and oxygen atoms in total. The predicted octanol–water partition coefficient (Wildman–Crippen LogP) is 2.87. The van der Waals surface area contributed by atoms with Crippen LogP contribution in [0.2, 0.25) is 0 Å². The smallest absolute Gasteiger partial charge is 0.0456 e. The minimum atomic E-state index is 0.661. The second kappa shape index (κ2) is 2.62. The van der Waals surface area contributed by atoms with Crippen molar-refractivity contribution >= 4 is 23.5 Å². The Hall–Kier alpha value is -0.890. The van der Waals surface area contributed by atoms with E-state index in [0.717, 1.165) is 5.69 Å². The highest BCUT2D eigenvalue weighted by molar-refractivity contribution is 7.79. The highest BCUT2D eigenvalue weighted by atomic mass is 32.1. The number of para-hydroxylation sites is 1. The van der Waals surface area contributed by atoms with Gasteiger partial charge in [0, 0.05) is 17.0 Å². The van der Waals surface area contributed by atoms with Gasteiger partial charge in [-0.3, -0.25) is 0 Å². The first-order valence-electron chi connectivity index (χ1n) is 3.55. The maximum atomic E-state index is 4.93. The lowest BCUT2D eigenvalue weighted by molar-refractivity contribution is 1.27. The van der Waals surface area contributed by atoms with Gasteiger partial charge >= 0.3 is 0 Å². The van der Waals surface area contributed by atoms with Crippen molar-refractivity contribution in [3.8, 4) is 0 Å². The number of nitrogens with one attached hydrogen (secondary N) is 1. The molecule has 0 unspecified atom stereocenters. The van der Waals surface area contributed by atoms with E-state index in [1.807, 2.05) is 12.1 Å². The topological polar surface area (TPSA) is 15.8 Å². The fraction of sp³-hybridized carbons (Fsp3) is 0.111. The number of hydrogen-bond acceptors (Lipinski definition) is 0. The molecular formula is C9H8NS. The van der Waals surface area contributed by atoms with E-state index in [1.165, 1.54) is 10.9 Å². The highest BCUT2D eigenvalue weighted by Crippen LogP contribution is 2.15. The quantitative estimate of drug-likeness (QED) is 0.663. The van der Waals surface area contributed by atoms with Gasteiger partial charge in [0.25, 0.3) is 0 Å². The third kappa shape index (κ3) is 1.14. The monoisotopic (exact) mass is 162 g/mol. The van der Waals surface area contributed by atoms with Crippen LogP contribution >= 0.6 is 12.6 Å². The number of rotatable bonds is 1. The summed E-state index contributed by atoms with van der Waals surface area (Å²) >= 11 is 4.93. The summed E-state index contributed by atoms with van der Waals surface area (Å²) in [7, 11) is 0. The molecule has 0 saturated heterocycles. The fourth-order valence-electron chi connectivity index (χ4n) is 1.21. The molecule has 2 aromatic rings. The molecule has 11 heavy (non-hydrogen) atoms. The van der Waals surface area contributed by atoms with Crippen molar-refractivity contribution in [3.05, 3.63) is 36.0 Å². The van der Waals surface area contributed by atoms with Gasteiger partial charge in [0.05, 0.1) is 0 Å². The van der Waals surface area contributed by atoms with Gasteiger partial charge in [0.2, 0.25) is 0 Å². The number of H-pyrrole nitrogens is 1. The third-order valence-electron chi connectivity index (χ3n) is 1.74. The van der Waals surface area contributed by atoms with E-state index in [2.05, 4.69) is 23.2 Å². The lowest BCUT2D eigenvalue weighted by atomic mass is 10.2. The van der Waals surface area contributed by atoms with Crippen LogP contribution in [0.1, 0.15) is 5.69 Å². The number of aromatic amines is 1. The molecule has 1 N–H and O–H groups in total. The zero-order valence-corrected chi connectivity index (χ0v) is 6.82. The maximum Gasteiger partial charge on any atom is 0.0456 e. The van der Waals surface area contributed by atoms with E-state index >= 15 is 0 Å². The number of benzene rings is 1. The molecule has 0 bridgehead atoms. The normalized spacial score (nSPS) is 10.6. The van der Waals surface area contributed by atoms with Crippen molar-refractivity contribution in [3.63, 3.8) is 0 Å². The zero-order valence-electron chi connectivity index (χ0n) is 6.00. The van der Waals surface area contributed by atoms with Crippen molar-refractivity contribution < 1.29 is 0 Å². The summed E-state index contributed by atoms with van der Waals surface area (Å²) in [5, 5.41) is 1.24. The molecule has 1 heterocycles. The Morgan fingerprint density at radius 1 is 1.27 bits per heavy atom. The van der Waals surface area contributed by atoms with Crippen LogP contribution < -0.4 is 0 Å². The van der Waals surface area contributed by atoms with Crippen molar-refractivity contribution in [1.29, 1.82) is 0 Å². The van der Waals surface area contributed by atoms with E-state index in [0.29, 0.717) is 5.75 Å². The van der Waals surface area contributed by atoms with E-state index in [1.54, 1.807) is 0 Å². The Bertz CT molecular complexity index is 331.